The van der Waals surface area contributed by atoms with Gasteiger partial charge in [-0.15, -0.1) is 11.3 Å². The average molecular weight is 479 g/mol. The number of aromatic nitrogens is 2. The van der Waals surface area contributed by atoms with E-state index in [0.29, 0.717) is 21.5 Å². The molecule has 3 heterocycles. The lowest BCUT2D eigenvalue weighted by molar-refractivity contribution is -0.116. The van der Waals surface area contributed by atoms with Crippen molar-refractivity contribution in [1.29, 1.82) is 0 Å². The van der Waals surface area contributed by atoms with Crippen LogP contribution in [-0.4, -0.2) is 46.7 Å². The molecule has 2 aromatic carbocycles. The number of nitrogens with zero attached hydrogens (tertiary/aromatic N) is 3. The molecule has 5 rings (SSSR count). The monoisotopic (exact) mass is 478 g/mol. The summed E-state index contributed by atoms with van der Waals surface area (Å²) in [6.07, 6.45) is 1.39. The topological polar surface area (TPSA) is 76.5 Å². The summed E-state index contributed by atoms with van der Waals surface area (Å²) in [5.41, 5.74) is 2.94. The highest BCUT2D eigenvalue weighted by molar-refractivity contribution is 7.17. The molecule has 9 heteroatoms. The second kappa shape index (κ2) is 9.84. The highest BCUT2D eigenvalue weighted by Gasteiger charge is 2.15. The average Bonchev–Trinajstić information content (AvgIpc) is 3.28. The van der Waals surface area contributed by atoms with Gasteiger partial charge in [-0.1, -0.05) is 24.3 Å². The van der Waals surface area contributed by atoms with Gasteiger partial charge < -0.3 is 10.1 Å². The minimum atomic E-state index is -0.343. The van der Waals surface area contributed by atoms with Gasteiger partial charge in [0.2, 0.25) is 5.91 Å². The van der Waals surface area contributed by atoms with E-state index in [9.17, 15) is 14.0 Å². The van der Waals surface area contributed by atoms with Gasteiger partial charge in [-0.2, -0.15) is 0 Å². The van der Waals surface area contributed by atoms with E-state index in [1.807, 2.05) is 29.6 Å². The van der Waals surface area contributed by atoms with E-state index in [0.717, 1.165) is 44.0 Å². The minimum Gasteiger partial charge on any atom is -0.379 e. The van der Waals surface area contributed by atoms with Gasteiger partial charge in [0.15, 0.2) is 0 Å². The third-order valence-electron chi connectivity index (χ3n) is 5.78. The van der Waals surface area contributed by atoms with Crippen LogP contribution in [0.1, 0.15) is 5.56 Å². The van der Waals surface area contributed by atoms with E-state index in [1.165, 1.54) is 34.4 Å². The van der Waals surface area contributed by atoms with Crippen molar-refractivity contribution in [3.05, 3.63) is 82.0 Å². The Labute approximate surface area is 199 Å². The normalized spacial score (nSPS) is 14.4. The Hall–Kier alpha value is -3.40. The number of fused-ring (bicyclic) bond motifs is 1. The van der Waals surface area contributed by atoms with Crippen LogP contribution in [0.4, 0.5) is 10.1 Å². The van der Waals surface area contributed by atoms with E-state index >= 15 is 0 Å². The maximum Gasteiger partial charge on any atom is 0.263 e. The Bertz CT molecular complexity index is 1360. The Morgan fingerprint density at radius 2 is 1.82 bits per heavy atom. The summed E-state index contributed by atoms with van der Waals surface area (Å²) in [5, 5.41) is 5.10. The molecule has 1 saturated heterocycles. The maximum atomic E-state index is 13.3. The van der Waals surface area contributed by atoms with Gasteiger partial charge in [-0.05, 0) is 35.4 Å². The fourth-order valence-electron chi connectivity index (χ4n) is 3.99. The number of ether oxygens (including phenoxy) is 1. The number of morpholine rings is 1. The summed E-state index contributed by atoms with van der Waals surface area (Å²) in [5.74, 6) is -0.660. The third kappa shape index (κ3) is 4.91. The number of anilines is 1. The molecule has 34 heavy (non-hydrogen) atoms. The van der Waals surface area contributed by atoms with Crippen molar-refractivity contribution in [1.82, 2.24) is 14.5 Å². The maximum absolute atomic E-state index is 13.3. The number of halogens is 1. The van der Waals surface area contributed by atoms with Gasteiger partial charge in [0, 0.05) is 36.3 Å². The first kappa shape index (κ1) is 22.4. The Morgan fingerprint density at radius 3 is 2.56 bits per heavy atom. The number of hydrogen-bond acceptors (Lipinski definition) is 6. The third-order valence-corrected chi connectivity index (χ3v) is 6.66. The van der Waals surface area contributed by atoms with E-state index in [1.54, 1.807) is 12.1 Å². The molecule has 0 spiro atoms. The Morgan fingerprint density at radius 1 is 1.09 bits per heavy atom. The van der Waals surface area contributed by atoms with Gasteiger partial charge in [0.25, 0.3) is 5.56 Å². The van der Waals surface area contributed by atoms with Crippen molar-refractivity contribution in [2.45, 2.75) is 13.1 Å². The predicted octanol–water partition coefficient (Wildman–Crippen LogP) is 3.74. The first-order valence-corrected chi connectivity index (χ1v) is 11.9. The van der Waals surface area contributed by atoms with E-state index < -0.39 is 0 Å². The number of nitrogens with one attached hydrogen (secondary N) is 1. The second-order valence-corrected chi connectivity index (χ2v) is 9.01. The molecule has 0 atom stereocenters. The first-order chi connectivity index (χ1) is 16.6. The van der Waals surface area contributed by atoms with Gasteiger partial charge in [0.1, 0.15) is 17.2 Å². The first-order valence-electron chi connectivity index (χ1n) is 11.0. The smallest absolute Gasteiger partial charge is 0.263 e. The predicted molar refractivity (Wildman–Crippen MR) is 130 cm³/mol. The summed E-state index contributed by atoms with van der Waals surface area (Å²) < 4.78 is 20.0. The largest absolute Gasteiger partial charge is 0.379 e. The molecule has 0 radical (unpaired) electrons. The summed E-state index contributed by atoms with van der Waals surface area (Å²) >= 11 is 1.34. The van der Waals surface area contributed by atoms with Crippen LogP contribution >= 0.6 is 11.3 Å². The zero-order valence-corrected chi connectivity index (χ0v) is 19.2. The number of amides is 1. The fraction of sp³-hybridized carbons (Fsp3) is 0.240. The van der Waals surface area contributed by atoms with Crippen LogP contribution in [-0.2, 0) is 22.6 Å². The van der Waals surface area contributed by atoms with Gasteiger partial charge in [-0.25, -0.2) is 9.37 Å². The molecule has 0 aliphatic carbocycles. The van der Waals surface area contributed by atoms with E-state index in [-0.39, 0.29) is 23.8 Å². The zero-order valence-electron chi connectivity index (χ0n) is 18.4. The van der Waals surface area contributed by atoms with Gasteiger partial charge >= 0.3 is 0 Å². The van der Waals surface area contributed by atoms with Crippen molar-refractivity contribution in [2.24, 2.45) is 0 Å². The quantitative estimate of drug-likeness (QED) is 0.457. The molecular weight excluding hydrogens is 455 g/mol. The lowest BCUT2D eigenvalue weighted by Gasteiger charge is -2.26. The van der Waals surface area contributed by atoms with Crippen LogP contribution < -0.4 is 10.9 Å². The van der Waals surface area contributed by atoms with Crippen LogP contribution in [0.2, 0.25) is 0 Å². The summed E-state index contributed by atoms with van der Waals surface area (Å²) in [6.45, 7) is 4.03. The molecule has 1 aliphatic rings. The van der Waals surface area contributed by atoms with Crippen LogP contribution in [0, 0.1) is 5.82 Å². The number of carbonyl (C=O) groups excluding carboxylic acids is 1. The number of rotatable bonds is 6. The van der Waals surface area contributed by atoms with Crippen molar-refractivity contribution in [3.63, 3.8) is 0 Å². The van der Waals surface area contributed by atoms with Gasteiger partial charge in [0.05, 0.1) is 24.9 Å². The van der Waals surface area contributed by atoms with Crippen molar-refractivity contribution in [2.75, 3.05) is 31.6 Å². The summed E-state index contributed by atoms with van der Waals surface area (Å²) in [4.78, 5) is 33.0. The van der Waals surface area contributed by atoms with Crippen LogP contribution in [0.25, 0.3) is 21.3 Å². The number of carbonyl (C=O) groups is 1. The van der Waals surface area contributed by atoms with Crippen LogP contribution in [0.5, 0.6) is 0 Å². The molecule has 0 saturated carbocycles. The standard InChI is InChI=1S/C25H23FN4O3S/c26-19-5-3-18(4-6-19)21-15-34-24-23(21)25(32)30(16-27-24)14-22(31)28-20-7-1-17(2-8-20)13-29-9-11-33-12-10-29/h1-8,15-16H,9-14H2,(H,28,31). The molecule has 2 aromatic heterocycles. The van der Waals surface area contributed by atoms with Crippen molar-refractivity contribution < 1.29 is 13.9 Å². The highest BCUT2D eigenvalue weighted by atomic mass is 32.1. The molecule has 7 nitrogen and oxygen atoms in total. The van der Waals surface area contributed by atoms with Crippen LogP contribution in [0.3, 0.4) is 0 Å². The number of hydrogen-bond donors (Lipinski definition) is 1. The zero-order chi connectivity index (χ0) is 23.5. The van der Waals surface area contributed by atoms with Crippen molar-refractivity contribution >= 4 is 33.1 Å². The Kier molecular flexibility index (Phi) is 6.48. The molecule has 174 valence electrons. The van der Waals surface area contributed by atoms with Gasteiger partial charge in [-0.3, -0.25) is 19.1 Å². The SMILES string of the molecule is O=C(Cn1cnc2scc(-c3ccc(F)cc3)c2c1=O)Nc1ccc(CN2CCOCC2)cc1. The lowest BCUT2D eigenvalue weighted by Crippen LogP contribution is -2.35. The lowest BCUT2D eigenvalue weighted by atomic mass is 10.1. The molecule has 1 aliphatic heterocycles. The van der Waals surface area contributed by atoms with Crippen molar-refractivity contribution in [3.8, 4) is 11.1 Å². The molecule has 1 N–H and O–H groups in total. The molecule has 4 aromatic rings. The fourth-order valence-corrected chi connectivity index (χ4v) is 4.89. The molecule has 0 unspecified atom stereocenters. The summed E-state index contributed by atoms with van der Waals surface area (Å²) in [6, 6.07) is 13.7. The molecule has 1 amide bonds. The molecule has 0 bridgehead atoms. The molecular formula is C25H23FN4O3S. The molecule has 1 fully saturated rings. The number of benzene rings is 2. The Balaban J connectivity index is 1.29. The second-order valence-electron chi connectivity index (χ2n) is 8.15. The highest BCUT2D eigenvalue weighted by Crippen LogP contribution is 2.30. The van der Waals surface area contributed by atoms with Crippen LogP contribution in [0.15, 0.2) is 65.0 Å². The summed E-state index contributed by atoms with van der Waals surface area (Å²) in [7, 11) is 0. The minimum absolute atomic E-state index is 0.157. The van der Waals surface area contributed by atoms with E-state index in [4.69, 9.17) is 4.74 Å². The number of thiophene rings is 1. The van der Waals surface area contributed by atoms with E-state index in [2.05, 4.69) is 15.2 Å².